The Kier molecular flexibility index (Phi) is 12.6. The highest BCUT2D eigenvalue weighted by atomic mass is 16.5. The number of likely N-dealkylation sites (N-methyl/N-ethyl adjacent to an activating group) is 1. The standard InChI is InChI=1S/C35H49N5O6/c1-23-19-40(24(2)22-41)34(42)30-18-29(36-35(43)37-33-26(4)38-46-27(33)5)15-16-31(30)45-25(3)12-10-11-17-44-32(23)21-39(6)20-28-13-8-7-9-14-28/h7-9,13-16,18,23-25,32,41H,10-12,17,19-22H2,1-6H3,(H2,36,37,43)/t23-,24-,25+,32+/m0/s1. The summed E-state index contributed by atoms with van der Waals surface area (Å²) in [5.74, 6) is 0.596. The second-order valence-corrected chi connectivity index (χ2v) is 12.5. The number of aromatic nitrogens is 1. The molecule has 4 rings (SSSR count). The van der Waals surface area contributed by atoms with Gasteiger partial charge in [0.1, 0.15) is 17.1 Å². The highest BCUT2D eigenvalue weighted by Gasteiger charge is 2.30. The number of amides is 3. The number of aryl methyl sites for hydroxylation is 2. The lowest BCUT2D eigenvalue weighted by Gasteiger charge is -2.36. The van der Waals surface area contributed by atoms with E-state index in [1.54, 1.807) is 36.9 Å². The maximum absolute atomic E-state index is 14.3. The Morgan fingerprint density at radius 1 is 1.13 bits per heavy atom. The van der Waals surface area contributed by atoms with Gasteiger partial charge in [0, 0.05) is 37.8 Å². The second-order valence-electron chi connectivity index (χ2n) is 12.5. The monoisotopic (exact) mass is 635 g/mol. The number of ether oxygens (including phenoxy) is 2. The molecule has 0 aliphatic carbocycles. The first-order chi connectivity index (χ1) is 22.0. The van der Waals surface area contributed by atoms with Crippen LogP contribution in [0.3, 0.4) is 0 Å². The number of rotatable bonds is 8. The first-order valence-electron chi connectivity index (χ1n) is 16.1. The van der Waals surface area contributed by atoms with Gasteiger partial charge < -0.3 is 34.6 Å². The lowest BCUT2D eigenvalue weighted by Crippen LogP contribution is -2.47. The quantitative estimate of drug-likeness (QED) is 0.281. The van der Waals surface area contributed by atoms with Crippen LogP contribution in [0.1, 0.15) is 67.4 Å². The number of nitrogens with zero attached hydrogens (tertiary/aromatic N) is 3. The molecule has 0 fully saturated rings. The summed E-state index contributed by atoms with van der Waals surface area (Å²) in [6.45, 7) is 11.6. The predicted octanol–water partition coefficient (Wildman–Crippen LogP) is 5.86. The maximum Gasteiger partial charge on any atom is 0.323 e. The number of aliphatic hydroxyl groups excluding tert-OH is 1. The zero-order valence-corrected chi connectivity index (χ0v) is 27.9. The second kappa shape index (κ2) is 16.6. The van der Waals surface area contributed by atoms with Crippen LogP contribution in [0.25, 0.3) is 0 Å². The number of aliphatic hydroxyl groups is 1. The summed E-state index contributed by atoms with van der Waals surface area (Å²) in [5, 5.41) is 19.7. The number of carbonyl (C=O) groups excluding carboxylic acids is 2. The fourth-order valence-electron chi connectivity index (χ4n) is 5.67. The lowest BCUT2D eigenvalue weighted by atomic mass is 10.0. The molecule has 3 N–H and O–H groups in total. The van der Waals surface area contributed by atoms with E-state index in [-0.39, 0.29) is 30.6 Å². The molecule has 1 aromatic heterocycles. The van der Waals surface area contributed by atoms with Gasteiger partial charge in [-0.1, -0.05) is 42.4 Å². The summed E-state index contributed by atoms with van der Waals surface area (Å²) in [5.41, 5.74) is 3.00. The van der Waals surface area contributed by atoms with Crippen molar-refractivity contribution in [3.63, 3.8) is 0 Å². The molecule has 0 spiro atoms. The van der Waals surface area contributed by atoms with Crippen molar-refractivity contribution in [3.05, 3.63) is 71.1 Å². The summed E-state index contributed by atoms with van der Waals surface area (Å²) >= 11 is 0. The third-order valence-electron chi connectivity index (χ3n) is 8.37. The molecule has 0 saturated carbocycles. The van der Waals surface area contributed by atoms with Crippen LogP contribution in [0.4, 0.5) is 16.2 Å². The molecule has 0 unspecified atom stereocenters. The van der Waals surface area contributed by atoms with E-state index < -0.39 is 12.1 Å². The number of benzene rings is 2. The van der Waals surface area contributed by atoms with E-state index in [0.717, 1.165) is 25.8 Å². The van der Waals surface area contributed by atoms with Gasteiger partial charge in [0.2, 0.25) is 0 Å². The van der Waals surface area contributed by atoms with E-state index in [0.29, 0.717) is 53.8 Å². The Hall–Kier alpha value is -3.93. The van der Waals surface area contributed by atoms with Gasteiger partial charge in [-0.15, -0.1) is 0 Å². The van der Waals surface area contributed by atoms with Gasteiger partial charge in [0.25, 0.3) is 5.91 Å². The molecule has 1 aliphatic heterocycles. The number of fused-ring (bicyclic) bond motifs is 1. The first-order valence-corrected chi connectivity index (χ1v) is 16.1. The van der Waals surface area contributed by atoms with Gasteiger partial charge in [-0.05, 0) is 77.8 Å². The summed E-state index contributed by atoms with van der Waals surface area (Å²) in [6.07, 6.45) is 2.33. The van der Waals surface area contributed by atoms with Crippen molar-refractivity contribution in [1.29, 1.82) is 0 Å². The summed E-state index contributed by atoms with van der Waals surface area (Å²) in [7, 11) is 2.08. The van der Waals surface area contributed by atoms with Crippen molar-refractivity contribution in [2.45, 2.75) is 78.7 Å². The molecule has 1 aliphatic rings. The van der Waals surface area contributed by atoms with E-state index >= 15 is 0 Å². The molecule has 2 aromatic carbocycles. The Morgan fingerprint density at radius 2 is 1.89 bits per heavy atom. The van der Waals surface area contributed by atoms with E-state index in [1.165, 1.54) is 5.56 Å². The van der Waals surface area contributed by atoms with Crippen molar-refractivity contribution in [2.24, 2.45) is 5.92 Å². The molecular weight excluding hydrogens is 586 g/mol. The van der Waals surface area contributed by atoms with Gasteiger partial charge in [-0.2, -0.15) is 0 Å². The molecule has 3 amide bonds. The minimum Gasteiger partial charge on any atom is -0.490 e. The smallest absolute Gasteiger partial charge is 0.323 e. The fraction of sp³-hybridized carbons (Fsp3) is 0.514. The van der Waals surface area contributed by atoms with Crippen LogP contribution in [-0.2, 0) is 11.3 Å². The van der Waals surface area contributed by atoms with Crippen molar-refractivity contribution < 1.29 is 28.7 Å². The van der Waals surface area contributed by atoms with E-state index in [9.17, 15) is 14.7 Å². The third kappa shape index (κ3) is 9.54. The average Bonchev–Trinajstić information content (AvgIpc) is 3.34. The zero-order valence-electron chi connectivity index (χ0n) is 27.9. The summed E-state index contributed by atoms with van der Waals surface area (Å²) < 4.78 is 17.9. The van der Waals surface area contributed by atoms with Crippen LogP contribution in [0.15, 0.2) is 53.1 Å². The molecular formula is C35H49N5O6. The number of urea groups is 1. The first kappa shape index (κ1) is 34.9. The third-order valence-corrected chi connectivity index (χ3v) is 8.37. The number of carbonyl (C=O) groups is 2. The van der Waals surface area contributed by atoms with Crippen LogP contribution in [0.2, 0.25) is 0 Å². The van der Waals surface area contributed by atoms with Crippen LogP contribution in [-0.4, -0.2) is 83.6 Å². The lowest BCUT2D eigenvalue weighted by molar-refractivity contribution is -0.0177. The minimum atomic E-state index is -0.495. The van der Waals surface area contributed by atoms with Gasteiger partial charge in [0.15, 0.2) is 5.76 Å². The van der Waals surface area contributed by atoms with Gasteiger partial charge in [0.05, 0.1) is 30.4 Å². The molecule has 2 heterocycles. The Morgan fingerprint density at radius 3 is 2.59 bits per heavy atom. The van der Waals surface area contributed by atoms with Crippen molar-refractivity contribution in [1.82, 2.24) is 15.0 Å². The SMILES string of the molecule is Cc1noc(C)c1NC(=O)Nc1ccc2c(c1)C(=O)N([C@@H](C)CO)C[C@H](C)[C@@H](CN(C)Cc1ccccc1)OCCCC[C@@H](C)O2. The normalized spacial score (nSPS) is 20.4. The van der Waals surface area contributed by atoms with E-state index in [2.05, 4.69) is 46.8 Å². The molecule has 250 valence electrons. The van der Waals surface area contributed by atoms with E-state index in [4.69, 9.17) is 14.0 Å². The molecule has 3 aromatic rings. The molecule has 11 heteroatoms. The maximum atomic E-state index is 14.3. The van der Waals surface area contributed by atoms with Crippen molar-refractivity contribution in [2.75, 3.05) is 44.0 Å². The molecule has 0 radical (unpaired) electrons. The highest BCUT2D eigenvalue weighted by molar-refractivity contribution is 6.03. The van der Waals surface area contributed by atoms with Crippen molar-refractivity contribution in [3.8, 4) is 5.75 Å². The van der Waals surface area contributed by atoms with E-state index in [1.807, 2.05) is 32.0 Å². The van der Waals surface area contributed by atoms with Crippen LogP contribution >= 0.6 is 0 Å². The highest BCUT2D eigenvalue weighted by Crippen LogP contribution is 2.29. The average molecular weight is 636 g/mol. The summed E-state index contributed by atoms with van der Waals surface area (Å²) in [6, 6.07) is 14.4. The van der Waals surface area contributed by atoms with Crippen molar-refractivity contribution >= 4 is 23.3 Å². The minimum absolute atomic E-state index is 0.0375. The predicted molar refractivity (Wildman–Crippen MR) is 178 cm³/mol. The van der Waals surface area contributed by atoms with Gasteiger partial charge in [-0.3, -0.25) is 9.69 Å². The number of hydrogen-bond donors (Lipinski definition) is 3. The topological polar surface area (TPSA) is 129 Å². The zero-order chi connectivity index (χ0) is 33.2. The molecule has 4 atom stereocenters. The Balaban J connectivity index is 1.60. The van der Waals surface area contributed by atoms with Crippen LogP contribution < -0.4 is 15.4 Å². The molecule has 46 heavy (non-hydrogen) atoms. The van der Waals surface area contributed by atoms with Crippen LogP contribution in [0, 0.1) is 19.8 Å². The largest absolute Gasteiger partial charge is 0.490 e. The molecule has 0 bridgehead atoms. The fourth-order valence-corrected chi connectivity index (χ4v) is 5.67. The number of hydrogen-bond acceptors (Lipinski definition) is 8. The number of nitrogens with one attached hydrogen (secondary N) is 2. The Labute approximate surface area is 272 Å². The van der Waals surface area contributed by atoms with Gasteiger partial charge >= 0.3 is 6.03 Å². The van der Waals surface area contributed by atoms with Crippen LogP contribution in [0.5, 0.6) is 5.75 Å². The Bertz CT molecular complexity index is 1410. The molecule has 0 saturated heterocycles. The number of anilines is 2. The van der Waals surface area contributed by atoms with Gasteiger partial charge in [-0.25, -0.2) is 4.79 Å². The summed E-state index contributed by atoms with van der Waals surface area (Å²) in [4.78, 5) is 31.2. The molecule has 11 nitrogen and oxygen atoms in total.